The Kier molecular flexibility index (Phi) is 4.62. The fraction of sp³-hybridized carbons (Fsp3) is 0.0714. The van der Waals surface area contributed by atoms with E-state index in [9.17, 15) is 9.18 Å². The van der Waals surface area contributed by atoms with E-state index in [0.29, 0.717) is 20.7 Å². The van der Waals surface area contributed by atoms with E-state index in [-0.39, 0.29) is 0 Å². The lowest BCUT2D eigenvalue weighted by Gasteiger charge is -2.17. The molecule has 0 aliphatic heterocycles. The van der Waals surface area contributed by atoms with Crippen LogP contribution in [0.5, 0.6) is 0 Å². The maximum Gasteiger partial charge on any atom is 0.244 e. The molecule has 0 fully saturated rings. The van der Waals surface area contributed by atoms with Gasteiger partial charge in [0.15, 0.2) is 0 Å². The number of nitrogens with two attached hydrogens (primary N) is 1. The van der Waals surface area contributed by atoms with Gasteiger partial charge in [-0.3, -0.25) is 4.79 Å². The molecule has 1 atom stereocenters. The summed E-state index contributed by atoms with van der Waals surface area (Å²) in [4.78, 5) is 11.6. The first-order chi connectivity index (χ1) is 9.47. The van der Waals surface area contributed by atoms with E-state index in [1.54, 1.807) is 30.3 Å². The largest absolute Gasteiger partial charge is 0.370 e. The van der Waals surface area contributed by atoms with Crippen LogP contribution in [-0.2, 0) is 4.79 Å². The van der Waals surface area contributed by atoms with E-state index in [2.05, 4.69) is 21.2 Å². The SMILES string of the molecule is NC(=O)C(Nc1cccc(Cl)c1)c1ccc(Br)c(F)c1. The maximum absolute atomic E-state index is 13.6. The summed E-state index contributed by atoms with van der Waals surface area (Å²) < 4.78 is 13.9. The van der Waals surface area contributed by atoms with Crippen molar-refractivity contribution in [2.24, 2.45) is 5.73 Å². The Hall–Kier alpha value is -1.59. The third kappa shape index (κ3) is 3.49. The van der Waals surface area contributed by atoms with Crippen molar-refractivity contribution in [3.05, 3.63) is 63.3 Å². The number of nitrogens with one attached hydrogen (secondary N) is 1. The van der Waals surface area contributed by atoms with Gasteiger partial charge in [0.2, 0.25) is 5.91 Å². The zero-order valence-electron chi connectivity index (χ0n) is 10.2. The van der Waals surface area contributed by atoms with Crippen molar-refractivity contribution in [2.45, 2.75) is 6.04 Å². The number of carbonyl (C=O) groups excluding carboxylic acids is 1. The van der Waals surface area contributed by atoms with Crippen LogP contribution in [0.25, 0.3) is 0 Å². The highest BCUT2D eigenvalue weighted by molar-refractivity contribution is 9.10. The first-order valence-corrected chi connectivity index (χ1v) is 6.91. The van der Waals surface area contributed by atoms with Crippen LogP contribution in [0.1, 0.15) is 11.6 Å². The van der Waals surface area contributed by atoms with Crippen LogP contribution in [0.4, 0.5) is 10.1 Å². The van der Waals surface area contributed by atoms with Gasteiger partial charge in [-0.15, -0.1) is 0 Å². The van der Waals surface area contributed by atoms with E-state index in [0.717, 1.165) is 0 Å². The molecule has 2 rings (SSSR count). The molecule has 20 heavy (non-hydrogen) atoms. The average Bonchev–Trinajstić information content (AvgIpc) is 2.39. The zero-order valence-corrected chi connectivity index (χ0v) is 12.6. The minimum absolute atomic E-state index is 0.326. The van der Waals surface area contributed by atoms with E-state index < -0.39 is 17.8 Å². The number of halogens is 3. The van der Waals surface area contributed by atoms with Gasteiger partial charge in [-0.2, -0.15) is 0 Å². The van der Waals surface area contributed by atoms with Gasteiger partial charge in [-0.1, -0.05) is 23.7 Å². The van der Waals surface area contributed by atoms with Crippen LogP contribution < -0.4 is 11.1 Å². The summed E-state index contributed by atoms with van der Waals surface area (Å²) in [6.45, 7) is 0. The third-order valence-electron chi connectivity index (χ3n) is 2.70. The summed E-state index contributed by atoms with van der Waals surface area (Å²) in [6, 6.07) is 10.4. The lowest BCUT2D eigenvalue weighted by Crippen LogP contribution is -2.27. The molecule has 0 aliphatic carbocycles. The first-order valence-electron chi connectivity index (χ1n) is 5.74. The van der Waals surface area contributed by atoms with Crippen molar-refractivity contribution in [3.8, 4) is 0 Å². The van der Waals surface area contributed by atoms with Crippen LogP contribution in [-0.4, -0.2) is 5.91 Å². The lowest BCUT2D eigenvalue weighted by molar-refractivity contribution is -0.118. The minimum atomic E-state index is -0.837. The van der Waals surface area contributed by atoms with Crippen LogP contribution >= 0.6 is 27.5 Å². The van der Waals surface area contributed by atoms with Crippen LogP contribution in [0.15, 0.2) is 46.9 Å². The summed E-state index contributed by atoms with van der Waals surface area (Å²) >= 11 is 8.94. The molecule has 0 aromatic heterocycles. The van der Waals surface area contributed by atoms with Gasteiger partial charge in [0.25, 0.3) is 0 Å². The number of anilines is 1. The molecule has 0 spiro atoms. The second-order valence-electron chi connectivity index (χ2n) is 4.16. The van der Waals surface area contributed by atoms with Crippen molar-refractivity contribution < 1.29 is 9.18 Å². The molecule has 0 saturated carbocycles. The molecule has 1 amide bonds. The van der Waals surface area contributed by atoms with Crippen molar-refractivity contribution in [1.29, 1.82) is 0 Å². The molecule has 0 heterocycles. The third-order valence-corrected chi connectivity index (χ3v) is 3.58. The van der Waals surface area contributed by atoms with Gasteiger partial charge in [0, 0.05) is 10.7 Å². The lowest BCUT2D eigenvalue weighted by atomic mass is 10.1. The molecule has 0 radical (unpaired) electrons. The Labute approximate surface area is 129 Å². The van der Waals surface area contributed by atoms with Crippen molar-refractivity contribution in [3.63, 3.8) is 0 Å². The molecule has 2 aromatic rings. The summed E-state index contributed by atoms with van der Waals surface area (Å²) in [6.07, 6.45) is 0. The number of amides is 1. The number of benzene rings is 2. The Morgan fingerprint density at radius 3 is 2.65 bits per heavy atom. The quantitative estimate of drug-likeness (QED) is 0.872. The summed E-state index contributed by atoms with van der Waals surface area (Å²) in [5.74, 6) is -1.06. The summed E-state index contributed by atoms with van der Waals surface area (Å²) in [7, 11) is 0. The minimum Gasteiger partial charge on any atom is -0.370 e. The van der Waals surface area contributed by atoms with Crippen molar-refractivity contribution >= 4 is 39.1 Å². The number of hydrogen-bond donors (Lipinski definition) is 2. The molecule has 0 saturated heterocycles. The number of rotatable bonds is 4. The fourth-order valence-electron chi connectivity index (χ4n) is 1.76. The van der Waals surface area contributed by atoms with Crippen LogP contribution in [0.3, 0.4) is 0 Å². The van der Waals surface area contributed by atoms with E-state index in [4.69, 9.17) is 17.3 Å². The molecule has 3 N–H and O–H groups in total. The average molecular weight is 358 g/mol. The highest BCUT2D eigenvalue weighted by atomic mass is 79.9. The topological polar surface area (TPSA) is 55.1 Å². The van der Waals surface area contributed by atoms with Gasteiger partial charge in [0.1, 0.15) is 11.9 Å². The first kappa shape index (κ1) is 14.8. The van der Waals surface area contributed by atoms with Gasteiger partial charge in [-0.25, -0.2) is 4.39 Å². The summed E-state index contributed by atoms with van der Waals surface area (Å²) in [5, 5.41) is 3.47. The van der Waals surface area contributed by atoms with Gasteiger partial charge < -0.3 is 11.1 Å². The predicted octanol–water partition coefficient (Wildman–Crippen LogP) is 3.88. The predicted molar refractivity (Wildman–Crippen MR) is 81.1 cm³/mol. The second kappa shape index (κ2) is 6.24. The normalized spacial score (nSPS) is 11.9. The molecule has 0 aliphatic rings. The molecule has 6 heteroatoms. The fourth-order valence-corrected chi connectivity index (χ4v) is 2.19. The molecule has 104 valence electrons. The van der Waals surface area contributed by atoms with E-state index >= 15 is 0 Å². The van der Waals surface area contributed by atoms with E-state index in [1.807, 2.05) is 0 Å². The van der Waals surface area contributed by atoms with Gasteiger partial charge in [0.05, 0.1) is 4.47 Å². The number of primary amides is 1. The standard InChI is InChI=1S/C14H11BrClFN2O/c15-11-5-4-8(6-12(11)17)13(14(18)20)19-10-3-1-2-9(16)7-10/h1-7,13,19H,(H2,18,20). The summed E-state index contributed by atoms with van der Waals surface area (Å²) in [5.41, 5.74) is 6.45. The maximum atomic E-state index is 13.6. The zero-order chi connectivity index (χ0) is 14.7. The smallest absolute Gasteiger partial charge is 0.244 e. The number of carbonyl (C=O) groups is 1. The van der Waals surface area contributed by atoms with E-state index in [1.165, 1.54) is 12.1 Å². The monoisotopic (exact) mass is 356 g/mol. The highest BCUT2D eigenvalue weighted by Gasteiger charge is 2.19. The van der Waals surface area contributed by atoms with Gasteiger partial charge >= 0.3 is 0 Å². The van der Waals surface area contributed by atoms with Crippen LogP contribution in [0, 0.1) is 5.82 Å². The van der Waals surface area contributed by atoms with Crippen molar-refractivity contribution in [2.75, 3.05) is 5.32 Å². The molecule has 2 aromatic carbocycles. The highest BCUT2D eigenvalue weighted by Crippen LogP contribution is 2.25. The Balaban J connectivity index is 2.32. The second-order valence-corrected chi connectivity index (χ2v) is 5.45. The Bertz CT molecular complexity index is 651. The Morgan fingerprint density at radius 1 is 1.30 bits per heavy atom. The van der Waals surface area contributed by atoms with Crippen LogP contribution in [0.2, 0.25) is 5.02 Å². The molecule has 1 unspecified atom stereocenters. The number of hydrogen-bond acceptors (Lipinski definition) is 2. The molecule has 3 nitrogen and oxygen atoms in total. The van der Waals surface area contributed by atoms with Crippen molar-refractivity contribution in [1.82, 2.24) is 0 Å². The Morgan fingerprint density at radius 2 is 2.05 bits per heavy atom. The molecular weight excluding hydrogens is 347 g/mol. The molecular formula is C14H11BrClFN2O. The van der Waals surface area contributed by atoms with Gasteiger partial charge in [-0.05, 0) is 51.8 Å². The molecule has 0 bridgehead atoms.